The van der Waals surface area contributed by atoms with Crippen molar-refractivity contribution in [1.82, 2.24) is 4.98 Å². The minimum absolute atomic E-state index is 0.183. The number of hydrogen-bond acceptors (Lipinski definition) is 2. The van der Waals surface area contributed by atoms with Crippen LogP contribution in [0.4, 0.5) is 10.2 Å². The fourth-order valence-corrected chi connectivity index (χ4v) is 2.13. The fraction of sp³-hybridized carbons (Fsp3) is 0.125. The van der Waals surface area contributed by atoms with Crippen molar-refractivity contribution in [1.29, 1.82) is 0 Å². The van der Waals surface area contributed by atoms with Gasteiger partial charge >= 0.3 is 0 Å². The summed E-state index contributed by atoms with van der Waals surface area (Å²) in [5.41, 5.74) is 1.99. The molecule has 0 aliphatic heterocycles. The van der Waals surface area contributed by atoms with Gasteiger partial charge in [0, 0.05) is 17.3 Å². The highest BCUT2D eigenvalue weighted by Crippen LogP contribution is 2.20. The molecule has 21 heavy (non-hydrogen) atoms. The molecule has 0 bridgehead atoms. The summed E-state index contributed by atoms with van der Waals surface area (Å²) in [7, 11) is 0. The largest absolute Gasteiger partial charge is 0.307 e. The zero-order valence-corrected chi connectivity index (χ0v) is 12.4. The van der Waals surface area contributed by atoms with Crippen LogP contribution in [-0.2, 0) is 4.79 Å². The van der Waals surface area contributed by atoms with Gasteiger partial charge in [0.05, 0.1) is 5.02 Å². The third-order valence-corrected chi connectivity index (χ3v) is 3.08. The number of benzene rings is 1. The highest BCUT2D eigenvalue weighted by molar-refractivity contribution is 6.32. The average Bonchev–Trinajstić information content (AvgIpc) is 2.36. The van der Waals surface area contributed by atoms with E-state index in [9.17, 15) is 9.18 Å². The Hall–Kier alpha value is -2.20. The molecule has 0 spiro atoms. The van der Waals surface area contributed by atoms with Crippen LogP contribution in [0.5, 0.6) is 0 Å². The van der Waals surface area contributed by atoms with Crippen LogP contribution in [0.15, 0.2) is 36.4 Å². The number of pyridine rings is 1. The molecule has 1 aromatic carbocycles. The van der Waals surface area contributed by atoms with Crippen molar-refractivity contribution >= 4 is 29.4 Å². The monoisotopic (exact) mass is 304 g/mol. The van der Waals surface area contributed by atoms with Crippen LogP contribution in [0, 0.1) is 19.7 Å². The molecule has 0 aliphatic carbocycles. The normalized spacial score (nSPS) is 10.9. The molecule has 3 nitrogen and oxygen atoms in total. The van der Waals surface area contributed by atoms with Crippen molar-refractivity contribution in [2.24, 2.45) is 0 Å². The van der Waals surface area contributed by atoms with Gasteiger partial charge in [-0.2, -0.15) is 0 Å². The van der Waals surface area contributed by atoms with Gasteiger partial charge < -0.3 is 5.32 Å². The van der Waals surface area contributed by atoms with Gasteiger partial charge in [-0.25, -0.2) is 9.37 Å². The summed E-state index contributed by atoms with van der Waals surface area (Å²) in [6, 6.07) is 8.02. The number of nitrogens with one attached hydrogen (secondary N) is 1. The number of carbonyl (C=O) groups excluding carboxylic acids is 1. The molecule has 0 fully saturated rings. The van der Waals surface area contributed by atoms with E-state index in [4.69, 9.17) is 11.6 Å². The predicted octanol–water partition coefficient (Wildman–Crippen LogP) is 4.14. The smallest absolute Gasteiger partial charge is 0.249 e. The molecule has 0 radical (unpaired) electrons. The van der Waals surface area contributed by atoms with E-state index < -0.39 is 11.7 Å². The van der Waals surface area contributed by atoms with Gasteiger partial charge in [0.1, 0.15) is 11.6 Å². The third kappa shape index (κ3) is 4.13. The predicted molar refractivity (Wildman–Crippen MR) is 82.8 cm³/mol. The number of hydrogen-bond donors (Lipinski definition) is 1. The molecule has 2 aromatic rings. The molecule has 1 aromatic heterocycles. The Morgan fingerprint density at radius 3 is 2.76 bits per heavy atom. The van der Waals surface area contributed by atoms with E-state index in [1.807, 2.05) is 19.9 Å². The van der Waals surface area contributed by atoms with E-state index in [1.165, 1.54) is 24.3 Å². The van der Waals surface area contributed by atoms with E-state index in [0.717, 1.165) is 11.3 Å². The molecule has 1 N–H and O–H groups in total. The molecule has 0 aliphatic rings. The fourth-order valence-electron chi connectivity index (χ4n) is 1.90. The lowest BCUT2D eigenvalue weighted by Crippen LogP contribution is -2.09. The zero-order valence-electron chi connectivity index (χ0n) is 11.7. The van der Waals surface area contributed by atoms with Crippen molar-refractivity contribution in [2.75, 3.05) is 5.32 Å². The Morgan fingerprint density at radius 2 is 2.10 bits per heavy atom. The summed E-state index contributed by atoms with van der Waals surface area (Å²) in [5, 5.41) is 2.88. The number of aryl methyl sites for hydroxylation is 2. The number of aromatic nitrogens is 1. The molecule has 108 valence electrons. The Labute approximate surface area is 127 Å². The van der Waals surface area contributed by atoms with Gasteiger partial charge in [0.2, 0.25) is 5.91 Å². The van der Waals surface area contributed by atoms with Gasteiger partial charge in [-0.1, -0.05) is 17.7 Å². The first-order valence-electron chi connectivity index (χ1n) is 6.34. The van der Waals surface area contributed by atoms with Crippen LogP contribution >= 0.6 is 11.6 Å². The lowest BCUT2D eigenvalue weighted by atomic mass is 10.2. The van der Waals surface area contributed by atoms with Crippen LogP contribution in [0.1, 0.15) is 16.8 Å². The second-order valence-electron chi connectivity index (χ2n) is 4.63. The highest BCUT2D eigenvalue weighted by Gasteiger charge is 2.05. The summed E-state index contributed by atoms with van der Waals surface area (Å²) in [4.78, 5) is 16.0. The molecule has 1 heterocycles. The lowest BCUT2D eigenvalue weighted by Gasteiger charge is -2.04. The second kappa shape index (κ2) is 6.50. The van der Waals surface area contributed by atoms with Gasteiger partial charge in [-0.05, 0) is 49.8 Å². The molecule has 2 rings (SSSR count). The van der Waals surface area contributed by atoms with Crippen molar-refractivity contribution in [3.8, 4) is 0 Å². The second-order valence-corrected chi connectivity index (χ2v) is 5.04. The highest BCUT2D eigenvalue weighted by atomic mass is 35.5. The molecule has 0 unspecified atom stereocenters. The van der Waals surface area contributed by atoms with Crippen molar-refractivity contribution < 1.29 is 9.18 Å². The summed E-state index contributed by atoms with van der Waals surface area (Å²) < 4.78 is 13.6. The van der Waals surface area contributed by atoms with Gasteiger partial charge in [-0.3, -0.25) is 4.79 Å². The summed E-state index contributed by atoms with van der Waals surface area (Å²) in [6.07, 6.45) is 2.57. The summed E-state index contributed by atoms with van der Waals surface area (Å²) in [5.74, 6) is -0.412. The van der Waals surface area contributed by atoms with Crippen LogP contribution < -0.4 is 5.32 Å². The van der Waals surface area contributed by atoms with E-state index in [1.54, 1.807) is 12.1 Å². The minimum Gasteiger partial charge on any atom is -0.307 e. The number of halogens is 2. The number of carbonyl (C=O) groups is 1. The van der Waals surface area contributed by atoms with Gasteiger partial charge in [0.15, 0.2) is 0 Å². The van der Waals surface area contributed by atoms with Crippen molar-refractivity contribution in [3.05, 3.63) is 64.1 Å². The van der Waals surface area contributed by atoms with Gasteiger partial charge in [0.25, 0.3) is 0 Å². The molecular formula is C16H14ClFN2O. The molecule has 0 atom stereocenters. The number of rotatable bonds is 3. The van der Waals surface area contributed by atoms with Crippen molar-refractivity contribution in [2.45, 2.75) is 13.8 Å². The Bertz CT molecular complexity index is 673. The minimum atomic E-state index is -0.476. The van der Waals surface area contributed by atoms with Crippen LogP contribution in [0.25, 0.3) is 6.08 Å². The van der Waals surface area contributed by atoms with E-state index in [2.05, 4.69) is 10.3 Å². The molecule has 0 saturated heterocycles. The van der Waals surface area contributed by atoms with Crippen LogP contribution in [-0.4, -0.2) is 10.9 Å². The van der Waals surface area contributed by atoms with Crippen LogP contribution in [0.3, 0.4) is 0 Å². The molecule has 1 amide bonds. The number of anilines is 1. The first-order chi connectivity index (χ1) is 9.95. The van der Waals surface area contributed by atoms with Crippen LogP contribution in [0.2, 0.25) is 5.02 Å². The Morgan fingerprint density at radius 1 is 1.33 bits per heavy atom. The molecule has 0 saturated carbocycles. The van der Waals surface area contributed by atoms with E-state index in [-0.39, 0.29) is 10.6 Å². The maximum Gasteiger partial charge on any atom is 0.249 e. The molecular weight excluding hydrogens is 291 g/mol. The van der Waals surface area contributed by atoms with Gasteiger partial charge in [-0.15, -0.1) is 0 Å². The average molecular weight is 305 g/mol. The first kappa shape index (κ1) is 15.2. The topological polar surface area (TPSA) is 42.0 Å². The maximum atomic E-state index is 13.6. The Balaban J connectivity index is 2.13. The van der Waals surface area contributed by atoms with Crippen molar-refractivity contribution in [3.63, 3.8) is 0 Å². The summed E-state index contributed by atoms with van der Waals surface area (Å²) in [6.45, 7) is 3.76. The quantitative estimate of drug-likeness (QED) is 0.866. The SMILES string of the molecule is Cc1cc(C)nc(NC(=O)C=Cc2c(F)cccc2Cl)c1. The number of amides is 1. The number of nitrogens with zero attached hydrogens (tertiary/aromatic N) is 1. The van der Waals surface area contributed by atoms with E-state index >= 15 is 0 Å². The van der Waals surface area contributed by atoms with E-state index in [0.29, 0.717) is 5.82 Å². The zero-order chi connectivity index (χ0) is 15.4. The Kier molecular flexibility index (Phi) is 4.70. The standard InChI is InChI=1S/C16H14ClFN2O/c1-10-8-11(2)19-15(9-10)20-16(21)7-6-12-13(17)4-3-5-14(12)18/h3-9H,1-2H3,(H,19,20,21). The first-order valence-corrected chi connectivity index (χ1v) is 6.72. The molecule has 5 heteroatoms. The lowest BCUT2D eigenvalue weighted by molar-refractivity contribution is -0.111. The maximum absolute atomic E-state index is 13.6. The third-order valence-electron chi connectivity index (χ3n) is 2.75. The summed E-state index contributed by atoms with van der Waals surface area (Å²) >= 11 is 5.88.